The van der Waals surface area contributed by atoms with Gasteiger partial charge < -0.3 is 9.47 Å². The molecule has 2 aromatic heterocycles. The lowest BCUT2D eigenvalue weighted by Crippen LogP contribution is -2.21. The first-order valence-corrected chi connectivity index (χ1v) is 9.46. The summed E-state index contributed by atoms with van der Waals surface area (Å²) in [6.45, 7) is 6.36. The molecule has 0 fully saturated rings. The maximum Gasteiger partial charge on any atom is 0.191 e. The zero-order chi connectivity index (χ0) is 17.8. The van der Waals surface area contributed by atoms with E-state index in [0.29, 0.717) is 0 Å². The zero-order valence-corrected chi connectivity index (χ0v) is 16.0. The molecule has 0 saturated carbocycles. The van der Waals surface area contributed by atoms with Gasteiger partial charge in [-0.2, -0.15) is 5.10 Å². The third kappa shape index (κ3) is 3.87. The fraction of sp³-hybridized carbons (Fsp3) is 0.389. The Hall–Kier alpha value is -2.28. The molecule has 0 atom stereocenters. The van der Waals surface area contributed by atoms with Crippen molar-refractivity contribution in [2.75, 3.05) is 18.0 Å². The quantitative estimate of drug-likeness (QED) is 0.608. The van der Waals surface area contributed by atoms with Crippen LogP contribution in [0.1, 0.15) is 19.4 Å². The van der Waals surface area contributed by atoms with E-state index in [-0.39, 0.29) is 0 Å². The molecule has 0 saturated heterocycles. The fourth-order valence-electron chi connectivity index (χ4n) is 2.80. The van der Waals surface area contributed by atoms with Crippen molar-refractivity contribution in [2.24, 2.45) is 14.1 Å². The lowest BCUT2D eigenvalue weighted by molar-refractivity contribution is 0.767. The van der Waals surface area contributed by atoms with E-state index in [0.717, 1.165) is 35.4 Å². The molecule has 0 unspecified atom stereocenters. The van der Waals surface area contributed by atoms with Crippen LogP contribution in [-0.2, 0) is 19.8 Å². The van der Waals surface area contributed by atoms with Crippen LogP contribution in [-0.4, -0.2) is 37.6 Å². The third-order valence-corrected chi connectivity index (χ3v) is 5.31. The molecular weight excluding hydrogens is 332 g/mol. The van der Waals surface area contributed by atoms with Crippen LogP contribution < -0.4 is 4.90 Å². The summed E-state index contributed by atoms with van der Waals surface area (Å²) in [5.41, 5.74) is 3.50. The molecule has 3 aromatic rings. The Morgan fingerprint density at radius 1 is 1.04 bits per heavy atom. The lowest BCUT2D eigenvalue weighted by Gasteiger charge is -2.21. The van der Waals surface area contributed by atoms with Gasteiger partial charge in [0.25, 0.3) is 0 Å². The maximum atomic E-state index is 4.38. The highest BCUT2D eigenvalue weighted by molar-refractivity contribution is 7.98. The number of rotatable bonds is 7. The molecule has 132 valence electrons. The molecule has 6 nitrogen and oxygen atoms in total. The summed E-state index contributed by atoms with van der Waals surface area (Å²) in [6, 6.07) is 8.54. The first-order valence-electron chi connectivity index (χ1n) is 8.47. The van der Waals surface area contributed by atoms with E-state index in [1.165, 1.54) is 11.3 Å². The molecule has 3 rings (SSSR count). The van der Waals surface area contributed by atoms with E-state index in [1.54, 1.807) is 11.8 Å². The highest BCUT2D eigenvalue weighted by atomic mass is 32.2. The van der Waals surface area contributed by atoms with Gasteiger partial charge in [0.05, 0.1) is 6.20 Å². The van der Waals surface area contributed by atoms with Gasteiger partial charge in [0.1, 0.15) is 0 Å². The van der Waals surface area contributed by atoms with Gasteiger partial charge in [-0.3, -0.25) is 4.68 Å². The van der Waals surface area contributed by atoms with Gasteiger partial charge >= 0.3 is 0 Å². The van der Waals surface area contributed by atoms with Gasteiger partial charge in [0, 0.05) is 55.9 Å². The predicted octanol–water partition coefficient (Wildman–Crippen LogP) is 3.35. The average Bonchev–Trinajstić information content (AvgIpc) is 3.20. The van der Waals surface area contributed by atoms with E-state index < -0.39 is 0 Å². The molecule has 0 radical (unpaired) electrons. The van der Waals surface area contributed by atoms with Crippen LogP contribution in [0, 0.1) is 0 Å². The summed E-state index contributed by atoms with van der Waals surface area (Å²) in [4.78, 5) is 2.33. The molecule has 0 aliphatic rings. The number of anilines is 1. The van der Waals surface area contributed by atoms with Crippen LogP contribution in [0.3, 0.4) is 0 Å². The van der Waals surface area contributed by atoms with Gasteiger partial charge in [0.2, 0.25) is 0 Å². The molecule has 2 heterocycles. The van der Waals surface area contributed by atoms with Crippen molar-refractivity contribution in [2.45, 2.75) is 24.8 Å². The predicted molar refractivity (Wildman–Crippen MR) is 103 cm³/mol. The summed E-state index contributed by atoms with van der Waals surface area (Å²) in [7, 11) is 3.94. The number of aromatic nitrogens is 5. The highest BCUT2D eigenvalue weighted by Crippen LogP contribution is 2.26. The standard InChI is InChI=1S/C18H24N6S/c1-5-24(6-2)16-9-7-15(8-10-16)17-20-21-18(23(17)4)25-13-14-11-19-22(3)12-14/h7-12H,5-6,13H2,1-4H3. The van der Waals surface area contributed by atoms with E-state index in [2.05, 4.69) is 58.3 Å². The number of benzene rings is 1. The molecule has 0 aliphatic carbocycles. The summed E-state index contributed by atoms with van der Waals surface area (Å²) in [5, 5.41) is 13.8. The zero-order valence-electron chi connectivity index (χ0n) is 15.2. The first-order chi connectivity index (χ1) is 12.1. The molecule has 7 heteroatoms. The van der Waals surface area contributed by atoms with Crippen LogP contribution in [0.15, 0.2) is 41.8 Å². The molecule has 0 bridgehead atoms. The second-order valence-electron chi connectivity index (χ2n) is 5.90. The van der Waals surface area contributed by atoms with Crippen molar-refractivity contribution in [3.63, 3.8) is 0 Å². The van der Waals surface area contributed by atoms with Gasteiger partial charge in [-0.25, -0.2) is 0 Å². The normalized spacial score (nSPS) is 11.0. The number of hydrogen-bond donors (Lipinski definition) is 0. The summed E-state index contributed by atoms with van der Waals surface area (Å²) in [6.07, 6.45) is 3.91. The minimum atomic E-state index is 0.834. The lowest BCUT2D eigenvalue weighted by atomic mass is 10.2. The summed E-state index contributed by atoms with van der Waals surface area (Å²) in [5.74, 6) is 1.72. The van der Waals surface area contributed by atoms with Crippen molar-refractivity contribution in [1.29, 1.82) is 0 Å². The van der Waals surface area contributed by atoms with Crippen LogP contribution in [0.2, 0.25) is 0 Å². The smallest absolute Gasteiger partial charge is 0.191 e. The number of hydrogen-bond acceptors (Lipinski definition) is 5. The number of nitrogens with zero attached hydrogens (tertiary/aromatic N) is 6. The van der Waals surface area contributed by atoms with E-state index in [9.17, 15) is 0 Å². The Morgan fingerprint density at radius 2 is 1.76 bits per heavy atom. The van der Waals surface area contributed by atoms with E-state index in [1.807, 2.05) is 35.7 Å². The van der Waals surface area contributed by atoms with Gasteiger partial charge in [-0.1, -0.05) is 11.8 Å². The molecule has 0 amide bonds. The molecule has 0 spiro atoms. The van der Waals surface area contributed by atoms with Crippen LogP contribution in [0.4, 0.5) is 5.69 Å². The van der Waals surface area contributed by atoms with Crippen LogP contribution >= 0.6 is 11.8 Å². The second-order valence-corrected chi connectivity index (χ2v) is 6.84. The fourth-order valence-corrected chi connectivity index (χ4v) is 3.62. The van der Waals surface area contributed by atoms with Crippen molar-refractivity contribution in [3.8, 4) is 11.4 Å². The SMILES string of the molecule is CCN(CC)c1ccc(-c2nnc(SCc3cnn(C)c3)n2C)cc1. The maximum absolute atomic E-state index is 4.38. The monoisotopic (exact) mass is 356 g/mol. The Balaban J connectivity index is 1.74. The Kier molecular flexibility index (Phi) is 5.43. The minimum Gasteiger partial charge on any atom is -0.372 e. The Labute approximate surface area is 152 Å². The topological polar surface area (TPSA) is 51.8 Å². The third-order valence-electron chi connectivity index (χ3n) is 4.22. The highest BCUT2D eigenvalue weighted by Gasteiger charge is 2.12. The Morgan fingerprint density at radius 3 is 2.36 bits per heavy atom. The van der Waals surface area contributed by atoms with Gasteiger partial charge in [-0.05, 0) is 38.1 Å². The summed E-state index contributed by atoms with van der Waals surface area (Å²) >= 11 is 1.67. The number of aryl methyl sites for hydroxylation is 1. The van der Waals surface area contributed by atoms with Gasteiger partial charge in [-0.15, -0.1) is 10.2 Å². The van der Waals surface area contributed by atoms with Crippen molar-refractivity contribution < 1.29 is 0 Å². The van der Waals surface area contributed by atoms with Gasteiger partial charge in [0.15, 0.2) is 11.0 Å². The minimum absolute atomic E-state index is 0.834. The van der Waals surface area contributed by atoms with Crippen LogP contribution in [0.5, 0.6) is 0 Å². The average molecular weight is 356 g/mol. The largest absolute Gasteiger partial charge is 0.372 e. The molecule has 0 aliphatic heterocycles. The van der Waals surface area contributed by atoms with Crippen molar-refractivity contribution >= 4 is 17.4 Å². The van der Waals surface area contributed by atoms with E-state index in [4.69, 9.17) is 0 Å². The first kappa shape index (κ1) is 17.5. The molecular formula is C18H24N6S. The van der Waals surface area contributed by atoms with Crippen LogP contribution in [0.25, 0.3) is 11.4 Å². The van der Waals surface area contributed by atoms with E-state index >= 15 is 0 Å². The molecule has 25 heavy (non-hydrogen) atoms. The van der Waals surface area contributed by atoms with Crippen molar-refractivity contribution in [3.05, 3.63) is 42.2 Å². The number of thioether (sulfide) groups is 1. The summed E-state index contributed by atoms with van der Waals surface area (Å²) < 4.78 is 3.86. The van der Waals surface area contributed by atoms with Crippen molar-refractivity contribution in [1.82, 2.24) is 24.5 Å². The molecule has 1 aromatic carbocycles. The Bertz CT molecular complexity index is 816. The second kappa shape index (κ2) is 7.74. The molecule has 0 N–H and O–H groups in total.